The van der Waals surface area contributed by atoms with E-state index in [9.17, 15) is 9.59 Å². The molecule has 0 saturated heterocycles. The van der Waals surface area contributed by atoms with Crippen LogP contribution in [-0.2, 0) is 11.4 Å². The molecule has 0 spiro atoms. The maximum atomic E-state index is 13.2. The van der Waals surface area contributed by atoms with Crippen molar-refractivity contribution in [2.75, 3.05) is 25.5 Å². The van der Waals surface area contributed by atoms with Crippen LogP contribution in [0.25, 0.3) is 0 Å². The van der Waals surface area contributed by atoms with Crippen LogP contribution in [0, 0.1) is 0 Å². The van der Waals surface area contributed by atoms with Gasteiger partial charge < -0.3 is 19.7 Å². The standard InChI is InChI=1S/C25H25ClN2O4/c1-3-28(16-24(29)27-20-12-14-21(31-2)15-13-20)25(30)22-6-4-5-7-23(22)32-17-18-8-10-19(26)11-9-18/h4-15H,3,16-17H2,1-2H3,(H,27,29). The number of amides is 2. The van der Waals surface area contributed by atoms with Gasteiger partial charge in [-0.25, -0.2) is 0 Å². The first-order valence-electron chi connectivity index (χ1n) is 10.2. The number of halogens is 1. The second kappa shape index (κ2) is 11.2. The van der Waals surface area contributed by atoms with Crippen LogP contribution in [0.4, 0.5) is 5.69 Å². The molecule has 0 aromatic heterocycles. The predicted molar refractivity (Wildman–Crippen MR) is 125 cm³/mol. The van der Waals surface area contributed by atoms with Crippen LogP contribution in [0.15, 0.2) is 72.8 Å². The van der Waals surface area contributed by atoms with Gasteiger partial charge in [0.1, 0.15) is 24.7 Å². The number of anilines is 1. The summed E-state index contributed by atoms with van der Waals surface area (Å²) in [6.45, 7) is 2.43. The molecule has 0 bridgehead atoms. The fourth-order valence-electron chi connectivity index (χ4n) is 3.06. The van der Waals surface area contributed by atoms with Crippen molar-refractivity contribution in [1.82, 2.24) is 4.90 Å². The van der Waals surface area contributed by atoms with Crippen LogP contribution < -0.4 is 14.8 Å². The lowest BCUT2D eigenvalue weighted by atomic mass is 10.1. The van der Waals surface area contributed by atoms with Crippen molar-refractivity contribution in [3.63, 3.8) is 0 Å². The Kier molecular flexibility index (Phi) is 8.11. The zero-order valence-corrected chi connectivity index (χ0v) is 18.8. The summed E-state index contributed by atoms with van der Waals surface area (Å²) in [6, 6.07) is 21.3. The Morgan fingerprint density at radius 1 is 0.969 bits per heavy atom. The molecule has 2 amide bonds. The van der Waals surface area contributed by atoms with Crippen LogP contribution >= 0.6 is 11.6 Å². The fourth-order valence-corrected chi connectivity index (χ4v) is 3.18. The Labute approximate surface area is 192 Å². The number of nitrogens with zero attached hydrogens (tertiary/aromatic N) is 1. The van der Waals surface area contributed by atoms with Crippen molar-refractivity contribution >= 4 is 29.1 Å². The van der Waals surface area contributed by atoms with Gasteiger partial charge in [0.15, 0.2) is 0 Å². The molecular formula is C25H25ClN2O4. The first kappa shape index (κ1) is 23.2. The molecule has 0 heterocycles. The van der Waals surface area contributed by atoms with Crippen molar-refractivity contribution < 1.29 is 19.1 Å². The van der Waals surface area contributed by atoms with Gasteiger partial charge in [-0.1, -0.05) is 35.9 Å². The third kappa shape index (κ3) is 6.25. The van der Waals surface area contributed by atoms with Gasteiger partial charge in [0.25, 0.3) is 5.91 Å². The summed E-state index contributed by atoms with van der Waals surface area (Å²) in [4.78, 5) is 27.1. The molecule has 3 aromatic rings. The first-order chi connectivity index (χ1) is 15.5. The van der Waals surface area contributed by atoms with Crippen molar-refractivity contribution in [2.45, 2.75) is 13.5 Å². The first-order valence-corrected chi connectivity index (χ1v) is 10.6. The summed E-state index contributed by atoms with van der Waals surface area (Å²) >= 11 is 5.92. The lowest BCUT2D eigenvalue weighted by Gasteiger charge is -2.22. The van der Waals surface area contributed by atoms with E-state index in [4.69, 9.17) is 21.1 Å². The van der Waals surface area contributed by atoms with Gasteiger partial charge in [0, 0.05) is 17.3 Å². The Balaban J connectivity index is 1.66. The van der Waals surface area contributed by atoms with Crippen molar-refractivity contribution in [3.8, 4) is 11.5 Å². The van der Waals surface area contributed by atoms with Gasteiger partial charge in [0.2, 0.25) is 5.91 Å². The largest absolute Gasteiger partial charge is 0.497 e. The highest BCUT2D eigenvalue weighted by Gasteiger charge is 2.21. The number of methoxy groups -OCH3 is 1. The smallest absolute Gasteiger partial charge is 0.258 e. The van der Waals surface area contributed by atoms with Gasteiger partial charge in [-0.05, 0) is 61.0 Å². The number of nitrogens with one attached hydrogen (secondary N) is 1. The number of carbonyl (C=O) groups is 2. The zero-order valence-electron chi connectivity index (χ0n) is 18.0. The molecule has 166 valence electrons. The van der Waals surface area contributed by atoms with Crippen LogP contribution in [0.3, 0.4) is 0 Å². The van der Waals surface area contributed by atoms with Gasteiger partial charge in [-0.3, -0.25) is 9.59 Å². The minimum Gasteiger partial charge on any atom is -0.497 e. The topological polar surface area (TPSA) is 67.9 Å². The Morgan fingerprint density at radius 3 is 2.31 bits per heavy atom. The van der Waals surface area contributed by atoms with Crippen LogP contribution in [0.2, 0.25) is 5.02 Å². The molecule has 0 atom stereocenters. The van der Waals surface area contributed by atoms with Crippen LogP contribution in [-0.4, -0.2) is 36.9 Å². The molecule has 0 saturated carbocycles. The predicted octanol–water partition coefficient (Wildman–Crippen LogP) is 5.03. The van der Waals surface area contributed by atoms with E-state index in [-0.39, 0.29) is 18.4 Å². The van der Waals surface area contributed by atoms with E-state index in [1.807, 2.05) is 19.1 Å². The third-order valence-electron chi connectivity index (χ3n) is 4.80. The molecule has 3 rings (SSSR count). The van der Waals surface area contributed by atoms with E-state index in [0.717, 1.165) is 5.56 Å². The monoisotopic (exact) mass is 452 g/mol. The van der Waals surface area contributed by atoms with E-state index < -0.39 is 0 Å². The average Bonchev–Trinajstić information content (AvgIpc) is 2.82. The van der Waals surface area contributed by atoms with Gasteiger partial charge in [-0.15, -0.1) is 0 Å². The lowest BCUT2D eigenvalue weighted by Crippen LogP contribution is -2.38. The summed E-state index contributed by atoms with van der Waals surface area (Å²) in [6.07, 6.45) is 0. The summed E-state index contributed by atoms with van der Waals surface area (Å²) < 4.78 is 11.0. The van der Waals surface area contributed by atoms with Crippen molar-refractivity contribution in [2.24, 2.45) is 0 Å². The number of likely N-dealkylation sites (N-methyl/N-ethyl adjacent to an activating group) is 1. The van der Waals surface area contributed by atoms with E-state index in [2.05, 4.69) is 5.32 Å². The van der Waals surface area contributed by atoms with Crippen LogP contribution in [0.5, 0.6) is 11.5 Å². The quantitative estimate of drug-likeness (QED) is 0.494. The molecule has 3 aromatic carbocycles. The maximum Gasteiger partial charge on any atom is 0.258 e. The molecule has 6 nitrogen and oxygen atoms in total. The number of hydrogen-bond acceptors (Lipinski definition) is 4. The highest BCUT2D eigenvalue weighted by molar-refractivity contribution is 6.30. The molecule has 0 unspecified atom stereocenters. The minimum atomic E-state index is -0.287. The number of hydrogen-bond donors (Lipinski definition) is 1. The average molecular weight is 453 g/mol. The molecule has 0 fully saturated rings. The summed E-state index contributed by atoms with van der Waals surface area (Å²) in [5.74, 6) is 0.596. The van der Waals surface area contributed by atoms with Crippen molar-refractivity contribution in [1.29, 1.82) is 0 Å². The summed E-state index contributed by atoms with van der Waals surface area (Å²) in [5, 5.41) is 3.45. The number of para-hydroxylation sites is 1. The van der Waals surface area contributed by atoms with Crippen molar-refractivity contribution in [3.05, 3.63) is 88.9 Å². The molecule has 0 aliphatic heterocycles. The van der Waals surface area contributed by atoms with Gasteiger partial charge in [-0.2, -0.15) is 0 Å². The SMILES string of the molecule is CCN(CC(=O)Nc1ccc(OC)cc1)C(=O)c1ccccc1OCc1ccc(Cl)cc1. The third-order valence-corrected chi connectivity index (χ3v) is 5.05. The molecular weight excluding hydrogens is 428 g/mol. The zero-order chi connectivity index (χ0) is 22.9. The molecule has 32 heavy (non-hydrogen) atoms. The molecule has 0 aliphatic rings. The maximum absolute atomic E-state index is 13.2. The second-order valence-electron chi connectivity index (χ2n) is 7.01. The lowest BCUT2D eigenvalue weighted by molar-refractivity contribution is -0.116. The molecule has 0 aliphatic carbocycles. The number of carbonyl (C=O) groups excluding carboxylic acids is 2. The number of benzene rings is 3. The van der Waals surface area contributed by atoms with E-state index >= 15 is 0 Å². The summed E-state index contributed by atoms with van der Waals surface area (Å²) in [7, 11) is 1.58. The summed E-state index contributed by atoms with van der Waals surface area (Å²) in [5.41, 5.74) is 1.97. The second-order valence-corrected chi connectivity index (χ2v) is 7.44. The minimum absolute atomic E-state index is 0.0765. The van der Waals surface area contributed by atoms with Gasteiger partial charge >= 0.3 is 0 Å². The Bertz CT molecular complexity index is 1050. The van der Waals surface area contributed by atoms with E-state index in [1.165, 1.54) is 4.90 Å². The van der Waals surface area contributed by atoms with E-state index in [0.29, 0.717) is 40.9 Å². The normalized spacial score (nSPS) is 10.3. The highest BCUT2D eigenvalue weighted by Crippen LogP contribution is 2.22. The number of ether oxygens (including phenoxy) is 2. The van der Waals surface area contributed by atoms with Crippen LogP contribution in [0.1, 0.15) is 22.8 Å². The highest BCUT2D eigenvalue weighted by atomic mass is 35.5. The number of rotatable bonds is 9. The molecule has 7 heteroatoms. The Morgan fingerprint density at radius 2 is 1.66 bits per heavy atom. The van der Waals surface area contributed by atoms with E-state index in [1.54, 1.807) is 67.8 Å². The van der Waals surface area contributed by atoms with Gasteiger partial charge in [0.05, 0.1) is 12.7 Å². The molecule has 1 N–H and O–H groups in total. The molecule has 0 radical (unpaired) electrons. The Hall–Kier alpha value is -3.51. The fraction of sp³-hybridized carbons (Fsp3) is 0.200.